The van der Waals surface area contributed by atoms with Crippen LogP contribution in [0.1, 0.15) is 54.4 Å². The number of sulfonamides is 1. The van der Waals surface area contributed by atoms with Gasteiger partial charge in [0.1, 0.15) is 5.82 Å². The summed E-state index contributed by atoms with van der Waals surface area (Å²) in [5.74, 6) is -0.647. The van der Waals surface area contributed by atoms with Crippen LogP contribution >= 0.6 is 0 Å². The molecule has 0 radical (unpaired) electrons. The Morgan fingerprint density at radius 1 is 0.933 bits per heavy atom. The fourth-order valence-corrected chi connectivity index (χ4v) is 7.15. The van der Waals surface area contributed by atoms with Crippen LogP contribution in [0.5, 0.6) is 0 Å². The van der Waals surface area contributed by atoms with Crippen molar-refractivity contribution in [2.45, 2.75) is 48.8 Å². The van der Waals surface area contributed by atoms with Crippen molar-refractivity contribution in [2.24, 2.45) is 0 Å². The second kappa shape index (κ2) is 7.17. The van der Waals surface area contributed by atoms with Crippen molar-refractivity contribution >= 4 is 21.6 Å². The molecule has 2 aromatic rings. The predicted octanol–water partition coefficient (Wildman–Crippen LogP) is 4.08. The van der Waals surface area contributed by atoms with E-state index in [1.54, 1.807) is 35.2 Å². The van der Waals surface area contributed by atoms with Gasteiger partial charge < -0.3 is 4.90 Å². The predicted molar refractivity (Wildman–Crippen MR) is 113 cm³/mol. The van der Waals surface area contributed by atoms with Crippen LogP contribution < -0.4 is 4.90 Å². The molecule has 1 saturated carbocycles. The molecule has 5 nitrogen and oxygen atoms in total. The number of nitrogens with zero attached hydrogens (tertiary/aromatic N) is 2. The maximum atomic E-state index is 14.9. The van der Waals surface area contributed by atoms with Crippen LogP contribution in [0.15, 0.2) is 47.4 Å². The first-order valence-corrected chi connectivity index (χ1v) is 12.1. The van der Waals surface area contributed by atoms with Gasteiger partial charge in [-0.15, -0.1) is 0 Å². The first kappa shape index (κ1) is 19.7. The first-order valence-electron chi connectivity index (χ1n) is 10.6. The SMILES string of the molecule is O=C(c1ccccc1S(=O)(=O)N1CCCC1)N1CC2(CCCC2)c2c(F)cccc21. The van der Waals surface area contributed by atoms with Crippen LogP contribution in [0.25, 0.3) is 0 Å². The Kier molecular flexibility index (Phi) is 4.71. The Hall–Kier alpha value is -2.25. The zero-order chi connectivity index (χ0) is 20.9. The maximum Gasteiger partial charge on any atom is 0.259 e. The molecule has 0 unspecified atom stereocenters. The van der Waals surface area contributed by atoms with Crippen LogP contribution in [0.4, 0.5) is 10.1 Å². The minimum Gasteiger partial charge on any atom is -0.307 e. The Morgan fingerprint density at radius 2 is 1.63 bits per heavy atom. The van der Waals surface area contributed by atoms with E-state index >= 15 is 0 Å². The average molecular weight is 429 g/mol. The summed E-state index contributed by atoms with van der Waals surface area (Å²) in [6, 6.07) is 11.3. The summed E-state index contributed by atoms with van der Waals surface area (Å²) in [4.78, 5) is 15.3. The van der Waals surface area contributed by atoms with E-state index in [1.165, 1.54) is 16.4 Å². The van der Waals surface area contributed by atoms with Gasteiger partial charge in [-0.05, 0) is 49.9 Å². The van der Waals surface area contributed by atoms with Gasteiger partial charge in [-0.2, -0.15) is 4.31 Å². The molecule has 2 aromatic carbocycles. The lowest BCUT2D eigenvalue weighted by molar-refractivity contribution is 0.0981. The van der Waals surface area contributed by atoms with Gasteiger partial charge in [0.2, 0.25) is 10.0 Å². The quantitative estimate of drug-likeness (QED) is 0.740. The third kappa shape index (κ3) is 2.90. The molecule has 158 valence electrons. The summed E-state index contributed by atoms with van der Waals surface area (Å²) in [5, 5.41) is 0. The van der Waals surface area contributed by atoms with E-state index in [0.29, 0.717) is 30.9 Å². The zero-order valence-corrected chi connectivity index (χ0v) is 17.6. The minimum atomic E-state index is -3.75. The fraction of sp³-hybridized carbons (Fsp3) is 0.435. The number of fused-ring (bicyclic) bond motifs is 2. The van der Waals surface area contributed by atoms with Gasteiger partial charge in [0.05, 0.1) is 16.1 Å². The van der Waals surface area contributed by atoms with E-state index in [1.807, 2.05) is 0 Å². The molecule has 1 amide bonds. The number of anilines is 1. The first-order chi connectivity index (χ1) is 14.4. The van der Waals surface area contributed by atoms with Crippen molar-refractivity contribution in [2.75, 3.05) is 24.5 Å². The van der Waals surface area contributed by atoms with Crippen molar-refractivity contribution in [1.82, 2.24) is 4.31 Å². The lowest BCUT2D eigenvalue weighted by Crippen LogP contribution is -2.37. The molecule has 1 saturated heterocycles. The van der Waals surface area contributed by atoms with Crippen LogP contribution in [0.3, 0.4) is 0 Å². The van der Waals surface area contributed by atoms with Crippen molar-refractivity contribution < 1.29 is 17.6 Å². The number of rotatable bonds is 3. The Labute approximate surface area is 176 Å². The van der Waals surface area contributed by atoms with Crippen molar-refractivity contribution in [3.05, 3.63) is 59.4 Å². The van der Waals surface area contributed by atoms with E-state index in [2.05, 4.69) is 0 Å². The number of amides is 1. The third-order valence-corrected chi connectivity index (χ3v) is 8.84. The zero-order valence-electron chi connectivity index (χ0n) is 16.8. The summed E-state index contributed by atoms with van der Waals surface area (Å²) >= 11 is 0. The summed E-state index contributed by atoms with van der Waals surface area (Å²) < 4.78 is 42.8. The van der Waals surface area contributed by atoms with Crippen molar-refractivity contribution in [1.29, 1.82) is 0 Å². The molecule has 0 aromatic heterocycles. The van der Waals surface area contributed by atoms with E-state index in [-0.39, 0.29) is 27.6 Å². The highest BCUT2D eigenvalue weighted by Gasteiger charge is 2.48. The molecule has 7 heteroatoms. The van der Waals surface area contributed by atoms with Gasteiger partial charge >= 0.3 is 0 Å². The molecular formula is C23H25FN2O3S. The summed E-state index contributed by atoms with van der Waals surface area (Å²) in [6.07, 6.45) is 5.37. The Bertz CT molecular complexity index is 1100. The average Bonchev–Trinajstić information content (AvgIpc) is 3.50. The van der Waals surface area contributed by atoms with Crippen molar-refractivity contribution in [3.63, 3.8) is 0 Å². The monoisotopic (exact) mass is 428 g/mol. The molecule has 0 bridgehead atoms. The van der Waals surface area contributed by atoms with Gasteiger partial charge in [-0.1, -0.05) is 31.0 Å². The van der Waals surface area contributed by atoms with Gasteiger partial charge in [0.15, 0.2) is 0 Å². The number of hydrogen-bond donors (Lipinski definition) is 0. The summed E-state index contributed by atoms with van der Waals surface area (Å²) in [7, 11) is -3.75. The highest BCUT2D eigenvalue weighted by atomic mass is 32.2. The smallest absolute Gasteiger partial charge is 0.259 e. The number of halogens is 1. The second-order valence-electron chi connectivity index (χ2n) is 8.62. The number of carbonyl (C=O) groups excluding carboxylic acids is 1. The summed E-state index contributed by atoms with van der Waals surface area (Å²) in [6.45, 7) is 1.36. The molecule has 2 fully saturated rings. The highest BCUT2D eigenvalue weighted by Crippen LogP contribution is 2.51. The fourth-order valence-electron chi connectivity index (χ4n) is 5.45. The van der Waals surface area contributed by atoms with Crippen LogP contribution in [-0.2, 0) is 15.4 Å². The molecule has 2 aliphatic heterocycles. The highest BCUT2D eigenvalue weighted by molar-refractivity contribution is 7.89. The van der Waals surface area contributed by atoms with Crippen LogP contribution in [-0.4, -0.2) is 38.3 Å². The van der Waals surface area contributed by atoms with E-state index in [0.717, 1.165) is 38.5 Å². The van der Waals surface area contributed by atoms with Gasteiger partial charge in [0, 0.05) is 30.6 Å². The topological polar surface area (TPSA) is 57.7 Å². The normalized spacial score (nSPS) is 20.8. The second-order valence-corrected chi connectivity index (χ2v) is 10.5. The molecule has 0 atom stereocenters. The lowest BCUT2D eigenvalue weighted by Gasteiger charge is -2.25. The number of hydrogen-bond acceptors (Lipinski definition) is 3. The lowest BCUT2D eigenvalue weighted by atomic mass is 9.80. The standard InChI is InChI=1S/C23H25FN2O3S/c24-18-9-7-10-19-21(18)23(12-3-4-13-23)16-26(19)22(27)17-8-1-2-11-20(17)30(28,29)25-14-5-6-15-25/h1-2,7-11H,3-6,12-16H2. The molecule has 30 heavy (non-hydrogen) atoms. The maximum absolute atomic E-state index is 14.9. The van der Waals surface area contributed by atoms with Crippen LogP contribution in [0, 0.1) is 5.82 Å². The minimum absolute atomic E-state index is 0.0437. The van der Waals surface area contributed by atoms with E-state index in [4.69, 9.17) is 0 Å². The molecule has 0 N–H and O–H groups in total. The molecule has 1 spiro atoms. The molecule has 5 rings (SSSR count). The third-order valence-electron chi connectivity index (χ3n) is 6.88. The van der Waals surface area contributed by atoms with Crippen molar-refractivity contribution in [3.8, 4) is 0 Å². The van der Waals surface area contributed by atoms with Gasteiger partial charge in [-0.3, -0.25) is 4.79 Å². The molecule has 3 aliphatic rings. The van der Waals surface area contributed by atoms with Crippen LogP contribution in [0.2, 0.25) is 0 Å². The van der Waals surface area contributed by atoms with E-state index in [9.17, 15) is 17.6 Å². The largest absolute Gasteiger partial charge is 0.307 e. The number of carbonyl (C=O) groups is 1. The van der Waals surface area contributed by atoms with Gasteiger partial charge in [-0.25, -0.2) is 12.8 Å². The van der Waals surface area contributed by atoms with Gasteiger partial charge in [0.25, 0.3) is 5.91 Å². The molecule has 2 heterocycles. The Morgan fingerprint density at radius 3 is 2.37 bits per heavy atom. The Balaban J connectivity index is 1.58. The molecular weight excluding hydrogens is 403 g/mol. The summed E-state index contributed by atoms with van der Waals surface area (Å²) in [5.41, 5.74) is 1.000. The molecule has 1 aliphatic carbocycles. The number of benzene rings is 2. The van der Waals surface area contributed by atoms with E-state index < -0.39 is 10.0 Å².